The molecule has 2 aromatic carbocycles. The predicted molar refractivity (Wildman–Crippen MR) is 138 cm³/mol. The second-order valence-electron chi connectivity index (χ2n) is 7.87. The molecular weight excluding hydrogens is 466 g/mol. The van der Waals surface area contributed by atoms with E-state index in [9.17, 15) is 0 Å². The van der Waals surface area contributed by atoms with Gasteiger partial charge < -0.3 is 9.47 Å². The third kappa shape index (κ3) is 6.61. The van der Waals surface area contributed by atoms with Crippen LogP contribution in [0.25, 0.3) is 16.7 Å². The molecule has 0 aliphatic rings. The van der Waals surface area contributed by atoms with Gasteiger partial charge in [-0.15, -0.1) is 0 Å². The summed E-state index contributed by atoms with van der Waals surface area (Å²) < 4.78 is 12.2. The van der Waals surface area contributed by atoms with E-state index < -0.39 is 0 Å². The highest BCUT2D eigenvalue weighted by Crippen LogP contribution is 2.23. The first-order valence-corrected chi connectivity index (χ1v) is 11.6. The Labute approximate surface area is 209 Å². The van der Waals surface area contributed by atoms with E-state index in [4.69, 9.17) is 21.1 Å². The number of benzene rings is 2. The van der Waals surface area contributed by atoms with Gasteiger partial charge in [0.25, 0.3) is 0 Å². The number of halogens is 1. The summed E-state index contributed by atoms with van der Waals surface area (Å²) in [6.45, 7) is 3.92. The van der Waals surface area contributed by atoms with Crippen LogP contribution in [0.2, 0.25) is 5.02 Å². The largest absolute Gasteiger partial charge is 0.383 e. The molecule has 0 aliphatic heterocycles. The molecule has 0 radical (unpaired) electrons. The van der Waals surface area contributed by atoms with Gasteiger partial charge in [0, 0.05) is 38.9 Å². The zero-order valence-electron chi connectivity index (χ0n) is 19.8. The Bertz CT molecular complexity index is 1250. The van der Waals surface area contributed by atoms with E-state index in [2.05, 4.69) is 42.6 Å². The van der Waals surface area contributed by atoms with Crippen LogP contribution in [0.5, 0.6) is 0 Å². The fourth-order valence-corrected chi connectivity index (χ4v) is 3.76. The van der Waals surface area contributed by atoms with E-state index in [0.717, 1.165) is 36.3 Å². The number of fused-ring (bicyclic) bond motifs is 1. The monoisotopic (exact) mass is 493 g/mol. The molecule has 0 amide bonds. The maximum Gasteiger partial charge on any atom is 0.168 e. The predicted octanol–water partition coefficient (Wildman–Crippen LogP) is 4.01. The molecule has 182 valence electrons. The molecule has 2 aromatic heterocycles. The maximum absolute atomic E-state index is 6.13. The summed E-state index contributed by atoms with van der Waals surface area (Å²) in [5, 5.41) is 10.2. The van der Waals surface area contributed by atoms with Gasteiger partial charge in [0.2, 0.25) is 0 Å². The van der Waals surface area contributed by atoms with Gasteiger partial charge in [-0.3, -0.25) is 10.3 Å². The lowest BCUT2D eigenvalue weighted by Gasteiger charge is -2.21. The van der Waals surface area contributed by atoms with Gasteiger partial charge in [-0.25, -0.2) is 14.6 Å². The number of nitrogens with one attached hydrogen (secondary N) is 1. The number of hydrazone groups is 1. The van der Waals surface area contributed by atoms with Gasteiger partial charge in [0.15, 0.2) is 11.5 Å². The van der Waals surface area contributed by atoms with Crippen molar-refractivity contribution in [3.63, 3.8) is 0 Å². The smallest absolute Gasteiger partial charge is 0.168 e. The third-order valence-corrected chi connectivity index (χ3v) is 5.65. The standard InChI is InChI=1S/C25H28ClN7O2/c1-34-12-10-32(11-13-35-2)17-20-8-6-19(7-9-20)15-29-31-24-23-16-30-33(25(23)28-18-27-24)22-5-3-4-21(26)14-22/h3-9,14-16,18H,10-13,17H2,1-2H3,(H,27,28,31)/b29-15+. The molecule has 2 heterocycles. The average molecular weight is 494 g/mol. The quantitative estimate of drug-likeness (QED) is 0.235. The summed E-state index contributed by atoms with van der Waals surface area (Å²) >= 11 is 6.13. The molecule has 0 spiro atoms. The van der Waals surface area contributed by atoms with E-state index >= 15 is 0 Å². The Morgan fingerprint density at radius 2 is 1.83 bits per heavy atom. The molecule has 35 heavy (non-hydrogen) atoms. The molecular formula is C25H28ClN7O2. The first kappa shape index (κ1) is 24.7. The van der Waals surface area contributed by atoms with Crippen LogP contribution in [0.15, 0.2) is 66.2 Å². The Hall–Kier alpha value is -3.37. The molecule has 9 nitrogen and oxygen atoms in total. The van der Waals surface area contributed by atoms with Crippen LogP contribution in [0.4, 0.5) is 5.82 Å². The summed E-state index contributed by atoms with van der Waals surface area (Å²) in [7, 11) is 3.43. The highest BCUT2D eigenvalue weighted by atomic mass is 35.5. The third-order valence-electron chi connectivity index (χ3n) is 5.41. The van der Waals surface area contributed by atoms with Crippen LogP contribution in [0, 0.1) is 0 Å². The fourth-order valence-electron chi connectivity index (χ4n) is 3.58. The van der Waals surface area contributed by atoms with Crippen molar-refractivity contribution in [1.29, 1.82) is 0 Å². The molecule has 0 fully saturated rings. The van der Waals surface area contributed by atoms with Gasteiger partial charge in [0.1, 0.15) is 6.33 Å². The molecule has 4 aromatic rings. The number of rotatable bonds is 12. The topological polar surface area (TPSA) is 89.7 Å². The van der Waals surface area contributed by atoms with Gasteiger partial charge >= 0.3 is 0 Å². The number of hydrogen-bond acceptors (Lipinski definition) is 8. The van der Waals surface area contributed by atoms with Crippen molar-refractivity contribution in [2.24, 2.45) is 5.10 Å². The maximum atomic E-state index is 6.13. The highest BCUT2D eigenvalue weighted by molar-refractivity contribution is 6.30. The Kier molecular flexibility index (Phi) is 8.74. The van der Waals surface area contributed by atoms with Crippen molar-refractivity contribution in [1.82, 2.24) is 24.6 Å². The second kappa shape index (κ2) is 12.4. The molecule has 0 saturated heterocycles. The van der Waals surface area contributed by atoms with E-state index in [-0.39, 0.29) is 0 Å². The van der Waals surface area contributed by atoms with E-state index in [1.165, 1.54) is 11.9 Å². The van der Waals surface area contributed by atoms with Crippen LogP contribution in [0.3, 0.4) is 0 Å². The summed E-state index contributed by atoms with van der Waals surface area (Å²) in [6, 6.07) is 15.7. The summed E-state index contributed by atoms with van der Waals surface area (Å²) in [5.41, 5.74) is 6.68. The van der Waals surface area contributed by atoms with E-state index in [1.807, 2.05) is 36.4 Å². The van der Waals surface area contributed by atoms with Crippen molar-refractivity contribution in [2.45, 2.75) is 6.54 Å². The number of methoxy groups -OCH3 is 2. The minimum Gasteiger partial charge on any atom is -0.383 e. The molecule has 0 unspecified atom stereocenters. The first-order valence-electron chi connectivity index (χ1n) is 11.2. The van der Waals surface area contributed by atoms with Crippen molar-refractivity contribution in [2.75, 3.05) is 45.9 Å². The van der Waals surface area contributed by atoms with Crippen LogP contribution in [0.1, 0.15) is 11.1 Å². The first-order chi connectivity index (χ1) is 17.2. The van der Waals surface area contributed by atoms with Crippen molar-refractivity contribution >= 4 is 34.7 Å². The van der Waals surface area contributed by atoms with Crippen molar-refractivity contribution in [3.05, 3.63) is 77.2 Å². The van der Waals surface area contributed by atoms with Crippen LogP contribution >= 0.6 is 11.6 Å². The minimum absolute atomic E-state index is 0.572. The fraction of sp³-hybridized carbons (Fsp3) is 0.280. The molecule has 4 rings (SSSR count). The van der Waals surface area contributed by atoms with E-state index in [0.29, 0.717) is 29.7 Å². The second-order valence-corrected chi connectivity index (χ2v) is 8.31. The minimum atomic E-state index is 0.572. The molecule has 0 bridgehead atoms. The summed E-state index contributed by atoms with van der Waals surface area (Å²) in [4.78, 5) is 11.0. The van der Waals surface area contributed by atoms with Gasteiger partial charge in [-0.1, -0.05) is 41.9 Å². The van der Waals surface area contributed by atoms with Gasteiger partial charge in [0.05, 0.1) is 36.7 Å². The number of hydrogen-bond donors (Lipinski definition) is 1. The molecule has 0 atom stereocenters. The Morgan fingerprint density at radius 3 is 2.54 bits per heavy atom. The number of anilines is 1. The van der Waals surface area contributed by atoms with Crippen LogP contribution in [-0.4, -0.2) is 71.4 Å². The normalized spacial score (nSPS) is 11.7. The summed E-state index contributed by atoms with van der Waals surface area (Å²) in [6.07, 6.45) is 4.95. The molecule has 10 heteroatoms. The molecule has 0 saturated carbocycles. The van der Waals surface area contributed by atoms with Gasteiger partial charge in [-0.05, 0) is 29.3 Å². The Morgan fingerprint density at radius 1 is 1.06 bits per heavy atom. The zero-order valence-corrected chi connectivity index (χ0v) is 20.5. The lowest BCUT2D eigenvalue weighted by atomic mass is 10.1. The lowest BCUT2D eigenvalue weighted by molar-refractivity contribution is 0.110. The number of ether oxygens (including phenoxy) is 2. The number of nitrogens with zero attached hydrogens (tertiary/aromatic N) is 6. The van der Waals surface area contributed by atoms with Crippen LogP contribution in [-0.2, 0) is 16.0 Å². The number of aromatic nitrogens is 4. The SMILES string of the molecule is COCCN(CCOC)Cc1ccc(/C=N/Nc2ncnc3c2cnn3-c2cccc(Cl)c2)cc1. The van der Waals surface area contributed by atoms with Crippen molar-refractivity contribution < 1.29 is 9.47 Å². The lowest BCUT2D eigenvalue weighted by Crippen LogP contribution is -2.30. The van der Waals surface area contributed by atoms with Gasteiger partial charge in [-0.2, -0.15) is 10.2 Å². The zero-order chi connectivity index (χ0) is 24.5. The van der Waals surface area contributed by atoms with Crippen molar-refractivity contribution in [3.8, 4) is 5.69 Å². The average Bonchev–Trinajstić information content (AvgIpc) is 3.32. The summed E-state index contributed by atoms with van der Waals surface area (Å²) in [5.74, 6) is 0.572. The van der Waals surface area contributed by atoms with E-state index in [1.54, 1.807) is 31.3 Å². The highest BCUT2D eigenvalue weighted by Gasteiger charge is 2.11. The molecule has 1 N–H and O–H groups in total. The van der Waals surface area contributed by atoms with Crippen LogP contribution < -0.4 is 5.43 Å². The Balaban J connectivity index is 1.41. The molecule has 0 aliphatic carbocycles.